The number of H-pyrrole nitrogens is 1. The maximum Gasteiger partial charge on any atom is 0.0556 e. The number of rotatable bonds is 1. The molecular weight excluding hydrogens is 263 g/mol. The van der Waals surface area contributed by atoms with Gasteiger partial charge in [0.05, 0.1) is 5.02 Å². The first-order valence-corrected chi connectivity index (χ1v) is 5.24. The van der Waals surface area contributed by atoms with Gasteiger partial charge in [0.25, 0.3) is 0 Å². The zero-order valence-corrected chi connectivity index (χ0v) is 9.56. The van der Waals surface area contributed by atoms with Crippen molar-refractivity contribution in [1.82, 2.24) is 4.98 Å². The third-order valence-electron chi connectivity index (χ3n) is 1.98. The van der Waals surface area contributed by atoms with E-state index in [-0.39, 0.29) is 0 Å². The van der Waals surface area contributed by atoms with Crippen molar-refractivity contribution in [2.75, 3.05) is 5.73 Å². The van der Waals surface area contributed by atoms with E-state index in [1.165, 1.54) is 0 Å². The smallest absolute Gasteiger partial charge is 0.0556 e. The SMILES string of the molecule is Nc1cc(Br)c(Cl)cc1-c1ccc[nH]1. The maximum atomic E-state index is 5.99. The van der Waals surface area contributed by atoms with Crippen LogP contribution >= 0.6 is 27.5 Å². The van der Waals surface area contributed by atoms with Gasteiger partial charge in [-0.15, -0.1) is 0 Å². The first-order valence-electron chi connectivity index (χ1n) is 4.07. The van der Waals surface area contributed by atoms with E-state index in [0.717, 1.165) is 15.7 Å². The minimum atomic E-state index is 0.656. The monoisotopic (exact) mass is 270 g/mol. The van der Waals surface area contributed by atoms with Crippen LogP contribution in [0.4, 0.5) is 5.69 Å². The zero-order valence-electron chi connectivity index (χ0n) is 7.22. The number of nitrogen functional groups attached to an aromatic ring is 1. The standard InChI is InChI=1S/C10H8BrClN2/c11-7-5-9(13)6(4-8(7)12)10-2-1-3-14-10/h1-5,14H,13H2. The van der Waals surface area contributed by atoms with E-state index < -0.39 is 0 Å². The van der Waals surface area contributed by atoms with Crippen molar-refractivity contribution in [3.05, 3.63) is 40.0 Å². The van der Waals surface area contributed by atoms with E-state index >= 15 is 0 Å². The lowest BCUT2D eigenvalue weighted by atomic mass is 10.1. The van der Waals surface area contributed by atoms with E-state index in [0.29, 0.717) is 10.7 Å². The molecule has 0 aliphatic carbocycles. The molecule has 0 bridgehead atoms. The topological polar surface area (TPSA) is 41.8 Å². The fraction of sp³-hybridized carbons (Fsp3) is 0. The van der Waals surface area contributed by atoms with E-state index in [2.05, 4.69) is 20.9 Å². The van der Waals surface area contributed by atoms with E-state index in [4.69, 9.17) is 17.3 Å². The predicted octanol–water partition coefficient (Wildman–Crippen LogP) is 3.68. The number of nitrogens with one attached hydrogen (secondary N) is 1. The Kier molecular flexibility index (Phi) is 2.52. The molecule has 0 saturated heterocycles. The number of aromatic nitrogens is 1. The second kappa shape index (κ2) is 3.67. The number of aromatic amines is 1. The Bertz CT molecular complexity index is 451. The summed E-state index contributed by atoms with van der Waals surface area (Å²) in [5.41, 5.74) is 8.46. The van der Waals surface area contributed by atoms with Crippen LogP contribution in [-0.2, 0) is 0 Å². The number of hydrogen-bond donors (Lipinski definition) is 2. The van der Waals surface area contributed by atoms with Crippen LogP contribution in [0.25, 0.3) is 11.3 Å². The molecule has 0 unspecified atom stereocenters. The molecule has 1 aromatic heterocycles. The normalized spacial score (nSPS) is 10.4. The molecule has 0 amide bonds. The first kappa shape index (κ1) is 9.62. The summed E-state index contributed by atoms with van der Waals surface area (Å²) in [5.74, 6) is 0. The highest BCUT2D eigenvalue weighted by atomic mass is 79.9. The van der Waals surface area contributed by atoms with Gasteiger partial charge in [-0.3, -0.25) is 0 Å². The van der Waals surface area contributed by atoms with Gasteiger partial charge in [0, 0.05) is 27.6 Å². The van der Waals surface area contributed by atoms with Gasteiger partial charge >= 0.3 is 0 Å². The number of hydrogen-bond acceptors (Lipinski definition) is 1. The van der Waals surface area contributed by atoms with Crippen molar-refractivity contribution in [3.8, 4) is 11.3 Å². The summed E-state index contributed by atoms with van der Waals surface area (Å²) < 4.78 is 0.812. The summed E-state index contributed by atoms with van der Waals surface area (Å²) in [5, 5.41) is 0.656. The lowest BCUT2D eigenvalue weighted by molar-refractivity contribution is 1.40. The second-order valence-corrected chi connectivity index (χ2v) is 4.20. The predicted molar refractivity (Wildman–Crippen MR) is 63.4 cm³/mol. The summed E-state index contributed by atoms with van der Waals surface area (Å²) in [7, 11) is 0. The Labute approximate surface area is 95.2 Å². The molecule has 1 heterocycles. The van der Waals surface area contributed by atoms with Crippen LogP contribution < -0.4 is 5.73 Å². The number of anilines is 1. The first-order chi connectivity index (χ1) is 6.68. The third-order valence-corrected chi connectivity index (χ3v) is 3.18. The Morgan fingerprint density at radius 3 is 2.79 bits per heavy atom. The van der Waals surface area contributed by atoms with Crippen molar-refractivity contribution in [1.29, 1.82) is 0 Å². The lowest BCUT2D eigenvalue weighted by Crippen LogP contribution is -1.90. The van der Waals surface area contributed by atoms with Crippen LogP contribution in [0.2, 0.25) is 5.02 Å². The average molecular weight is 272 g/mol. The van der Waals surface area contributed by atoms with Crippen molar-refractivity contribution >= 4 is 33.2 Å². The van der Waals surface area contributed by atoms with E-state index in [1.807, 2.05) is 24.4 Å². The molecule has 0 saturated carbocycles. The molecule has 1 aromatic carbocycles. The quantitative estimate of drug-likeness (QED) is 0.763. The molecule has 14 heavy (non-hydrogen) atoms. The summed E-state index contributed by atoms with van der Waals surface area (Å²) in [6, 6.07) is 7.52. The molecule has 0 radical (unpaired) electrons. The molecular formula is C10H8BrClN2. The van der Waals surface area contributed by atoms with Crippen LogP contribution in [0.3, 0.4) is 0 Å². The number of nitrogens with two attached hydrogens (primary N) is 1. The van der Waals surface area contributed by atoms with E-state index in [1.54, 1.807) is 6.07 Å². The van der Waals surface area contributed by atoms with E-state index in [9.17, 15) is 0 Å². The highest BCUT2D eigenvalue weighted by Gasteiger charge is 2.06. The van der Waals surface area contributed by atoms with Gasteiger partial charge in [-0.05, 0) is 40.2 Å². The Morgan fingerprint density at radius 1 is 1.36 bits per heavy atom. The molecule has 2 nitrogen and oxygen atoms in total. The van der Waals surface area contributed by atoms with Gasteiger partial charge in [-0.1, -0.05) is 11.6 Å². The van der Waals surface area contributed by atoms with Crippen LogP contribution in [0.5, 0.6) is 0 Å². The minimum absolute atomic E-state index is 0.656. The van der Waals surface area contributed by atoms with Gasteiger partial charge in [0.1, 0.15) is 0 Å². The van der Waals surface area contributed by atoms with Gasteiger partial charge < -0.3 is 10.7 Å². The average Bonchev–Trinajstić information content (AvgIpc) is 2.64. The van der Waals surface area contributed by atoms with Gasteiger partial charge in [0.15, 0.2) is 0 Å². The Hall–Kier alpha value is -0.930. The lowest BCUT2D eigenvalue weighted by Gasteiger charge is -2.05. The molecule has 0 atom stereocenters. The fourth-order valence-electron chi connectivity index (χ4n) is 1.29. The summed E-state index contributed by atoms with van der Waals surface area (Å²) >= 11 is 9.31. The zero-order chi connectivity index (χ0) is 10.1. The van der Waals surface area contributed by atoms with Gasteiger partial charge in [-0.25, -0.2) is 0 Å². The highest BCUT2D eigenvalue weighted by Crippen LogP contribution is 2.33. The second-order valence-electron chi connectivity index (χ2n) is 2.94. The van der Waals surface area contributed by atoms with Crippen LogP contribution in [0.1, 0.15) is 0 Å². The summed E-state index contributed by atoms with van der Waals surface area (Å²) in [6.07, 6.45) is 1.85. The number of halogens is 2. The minimum Gasteiger partial charge on any atom is -0.398 e. The molecule has 0 aliphatic rings. The van der Waals surface area contributed by atoms with Gasteiger partial charge in [0.2, 0.25) is 0 Å². The Balaban J connectivity index is 2.60. The largest absolute Gasteiger partial charge is 0.398 e. The molecule has 2 rings (SSSR count). The van der Waals surface area contributed by atoms with Crippen LogP contribution in [-0.4, -0.2) is 4.98 Å². The van der Waals surface area contributed by atoms with Crippen molar-refractivity contribution < 1.29 is 0 Å². The van der Waals surface area contributed by atoms with Crippen molar-refractivity contribution in [3.63, 3.8) is 0 Å². The highest BCUT2D eigenvalue weighted by molar-refractivity contribution is 9.10. The van der Waals surface area contributed by atoms with Crippen LogP contribution in [0, 0.1) is 0 Å². The fourth-order valence-corrected chi connectivity index (χ4v) is 1.82. The van der Waals surface area contributed by atoms with Crippen LogP contribution in [0.15, 0.2) is 34.9 Å². The molecule has 2 aromatic rings. The molecule has 72 valence electrons. The summed E-state index contributed by atoms with van der Waals surface area (Å²) in [6.45, 7) is 0. The third kappa shape index (κ3) is 1.65. The van der Waals surface area contributed by atoms with Gasteiger partial charge in [-0.2, -0.15) is 0 Å². The molecule has 4 heteroatoms. The van der Waals surface area contributed by atoms with Crippen molar-refractivity contribution in [2.45, 2.75) is 0 Å². The molecule has 3 N–H and O–H groups in total. The maximum absolute atomic E-state index is 5.99. The molecule has 0 aliphatic heterocycles. The summed E-state index contributed by atoms with van der Waals surface area (Å²) in [4.78, 5) is 3.09. The number of benzene rings is 1. The molecule has 0 fully saturated rings. The van der Waals surface area contributed by atoms with Crippen molar-refractivity contribution in [2.24, 2.45) is 0 Å². The Morgan fingerprint density at radius 2 is 2.14 bits per heavy atom. The molecule has 0 spiro atoms.